The number of aromatic nitrogens is 1. The number of benzene rings is 1. The third-order valence-corrected chi connectivity index (χ3v) is 5.96. The van der Waals surface area contributed by atoms with E-state index < -0.39 is 0 Å². The molecule has 0 saturated heterocycles. The van der Waals surface area contributed by atoms with E-state index in [4.69, 9.17) is 4.74 Å². The van der Waals surface area contributed by atoms with Crippen LogP contribution in [0, 0.1) is 0 Å². The van der Waals surface area contributed by atoms with Crippen molar-refractivity contribution in [3.8, 4) is 17.5 Å². The zero-order valence-electron chi connectivity index (χ0n) is 16.9. The molecule has 156 valence electrons. The molecule has 1 aliphatic heterocycles. The van der Waals surface area contributed by atoms with Crippen LogP contribution in [0.25, 0.3) is 0 Å². The van der Waals surface area contributed by atoms with Gasteiger partial charge in [-0.2, -0.15) is 0 Å². The van der Waals surface area contributed by atoms with Gasteiger partial charge in [0, 0.05) is 24.7 Å². The number of nitrogens with one attached hydrogen (secondary N) is 1. The van der Waals surface area contributed by atoms with Crippen molar-refractivity contribution in [1.29, 1.82) is 0 Å². The maximum absolute atomic E-state index is 11.7. The minimum atomic E-state index is -0.0296. The van der Waals surface area contributed by atoms with Gasteiger partial charge < -0.3 is 25.2 Å². The number of amides is 1. The van der Waals surface area contributed by atoms with E-state index in [9.17, 15) is 15.0 Å². The molecule has 1 aromatic carbocycles. The summed E-state index contributed by atoms with van der Waals surface area (Å²) in [6, 6.07) is 5.99. The highest BCUT2D eigenvalue weighted by Gasteiger charge is 2.25. The van der Waals surface area contributed by atoms with Crippen LogP contribution < -0.4 is 15.0 Å². The van der Waals surface area contributed by atoms with Crippen LogP contribution in [0.4, 0.5) is 5.69 Å². The number of hydrogen-bond acceptors (Lipinski definition) is 5. The van der Waals surface area contributed by atoms with Crippen molar-refractivity contribution in [2.75, 3.05) is 31.6 Å². The van der Waals surface area contributed by atoms with Gasteiger partial charge in [0.15, 0.2) is 18.4 Å². The van der Waals surface area contributed by atoms with Crippen molar-refractivity contribution in [1.82, 2.24) is 9.88 Å². The Bertz CT molecular complexity index is 878. The van der Waals surface area contributed by atoms with Crippen molar-refractivity contribution < 1.29 is 19.7 Å². The molecule has 0 spiro atoms. The van der Waals surface area contributed by atoms with E-state index in [1.54, 1.807) is 16.5 Å². The second kappa shape index (κ2) is 8.37. The van der Waals surface area contributed by atoms with Gasteiger partial charge in [0.1, 0.15) is 5.75 Å². The van der Waals surface area contributed by atoms with Gasteiger partial charge in [0.2, 0.25) is 0 Å². The van der Waals surface area contributed by atoms with Crippen LogP contribution in [0.5, 0.6) is 17.5 Å². The first-order valence-electron chi connectivity index (χ1n) is 10.4. The number of rotatable bonds is 8. The maximum Gasteiger partial charge on any atom is 0.264 e. The Labute approximate surface area is 170 Å². The standard InChI is InChI=1S/C22H29N3O4/c1-24-18-8-7-15(13-19(18)29-14-20(24)26)9-11-23-10-2-3-12-25-21(27)16-5-4-6-17(16)22(25)28/h7-8,13,23,27-28H,2-6,9-12,14H2,1H3. The fourth-order valence-electron chi connectivity index (χ4n) is 4.23. The van der Waals surface area contributed by atoms with Crippen LogP contribution in [-0.2, 0) is 30.6 Å². The molecule has 0 saturated carbocycles. The molecule has 0 atom stereocenters. The molecular weight excluding hydrogens is 370 g/mol. The molecule has 7 heteroatoms. The lowest BCUT2D eigenvalue weighted by molar-refractivity contribution is -0.120. The van der Waals surface area contributed by atoms with Crippen LogP contribution in [0.15, 0.2) is 18.2 Å². The lowest BCUT2D eigenvalue weighted by atomic mass is 10.1. The minimum Gasteiger partial charge on any atom is -0.494 e. The molecule has 2 heterocycles. The van der Waals surface area contributed by atoms with Crippen LogP contribution in [-0.4, -0.2) is 47.4 Å². The Morgan fingerprint density at radius 3 is 2.62 bits per heavy atom. The SMILES string of the molecule is CN1C(=O)COc2cc(CCNCCCCn3c(O)c4c(c3O)CCC4)ccc21. The molecule has 0 bridgehead atoms. The van der Waals surface area contributed by atoms with Crippen LogP contribution in [0.1, 0.15) is 36.0 Å². The highest BCUT2D eigenvalue weighted by Crippen LogP contribution is 2.39. The van der Waals surface area contributed by atoms with Crippen molar-refractivity contribution in [2.24, 2.45) is 0 Å². The highest BCUT2D eigenvalue weighted by atomic mass is 16.5. The number of ether oxygens (including phenoxy) is 1. The molecule has 0 fully saturated rings. The third-order valence-electron chi connectivity index (χ3n) is 5.96. The second-order valence-corrected chi connectivity index (χ2v) is 7.86. The molecule has 29 heavy (non-hydrogen) atoms. The largest absolute Gasteiger partial charge is 0.494 e. The van der Waals surface area contributed by atoms with Crippen LogP contribution in [0.3, 0.4) is 0 Å². The lowest BCUT2D eigenvalue weighted by Crippen LogP contribution is -2.35. The van der Waals surface area contributed by atoms with Gasteiger partial charge in [-0.1, -0.05) is 6.07 Å². The van der Waals surface area contributed by atoms with Crippen LogP contribution in [0.2, 0.25) is 0 Å². The number of aromatic hydroxyl groups is 2. The molecule has 7 nitrogen and oxygen atoms in total. The van der Waals surface area contributed by atoms with E-state index in [2.05, 4.69) is 5.32 Å². The molecule has 2 aromatic rings. The quantitative estimate of drug-likeness (QED) is 0.593. The Morgan fingerprint density at radius 1 is 1.10 bits per heavy atom. The monoisotopic (exact) mass is 399 g/mol. The van der Waals surface area contributed by atoms with E-state index in [0.29, 0.717) is 6.54 Å². The minimum absolute atomic E-state index is 0.0296. The number of nitrogens with zero attached hydrogens (tertiary/aromatic N) is 2. The number of fused-ring (bicyclic) bond motifs is 2. The zero-order chi connectivity index (χ0) is 20.4. The van der Waals surface area contributed by atoms with Gasteiger partial charge in [-0.25, -0.2) is 0 Å². The molecule has 1 aromatic heterocycles. The summed E-state index contributed by atoms with van der Waals surface area (Å²) in [7, 11) is 1.77. The number of unbranched alkanes of at least 4 members (excludes halogenated alkanes) is 1. The van der Waals surface area contributed by atoms with Crippen molar-refractivity contribution in [3.05, 3.63) is 34.9 Å². The Hall–Kier alpha value is -2.67. The summed E-state index contributed by atoms with van der Waals surface area (Å²) in [5, 5.41) is 24.0. The van der Waals surface area contributed by atoms with E-state index in [1.165, 1.54) is 5.56 Å². The van der Waals surface area contributed by atoms with Crippen molar-refractivity contribution >= 4 is 11.6 Å². The summed E-state index contributed by atoms with van der Waals surface area (Å²) in [4.78, 5) is 13.3. The summed E-state index contributed by atoms with van der Waals surface area (Å²) in [6.07, 6.45) is 5.51. The van der Waals surface area contributed by atoms with Gasteiger partial charge in [0.05, 0.1) is 5.69 Å². The number of carbonyl (C=O) groups excluding carboxylic acids is 1. The van der Waals surface area contributed by atoms with Gasteiger partial charge >= 0.3 is 0 Å². The second-order valence-electron chi connectivity index (χ2n) is 7.86. The number of hydrogen-bond donors (Lipinski definition) is 3. The maximum atomic E-state index is 11.7. The predicted octanol–water partition coefficient (Wildman–Crippen LogP) is 2.36. The topological polar surface area (TPSA) is 87.0 Å². The van der Waals surface area contributed by atoms with Gasteiger partial charge in [-0.3, -0.25) is 9.36 Å². The number of anilines is 1. The molecule has 2 aliphatic rings. The predicted molar refractivity (Wildman–Crippen MR) is 111 cm³/mol. The number of likely N-dealkylation sites (N-methyl/N-ethyl adjacent to an activating group) is 1. The molecule has 1 aliphatic carbocycles. The first-order valence-corrected chi connectivity index (χ1v) is 10.4. The van der Waals surface area contributed by atoms with Crippen molar-refractivity contribution in [2.45, 2.75) is 45.1 Å². The first-order chi connectivity index (χ1) is 14.1. The van der Waals surface area contributed by atoms with E-state index >= 15 is 0 Å². The molecule has 1 amide bonds. The van der Waals surface area contributed by atoms with Crippen LogP contribution >= 0.6 is 0 Å². The molecule has 3 N–H and O–H groups in total. The van der Waals surface area contributed by atoms with E-state index in [0.717, 1.165) is 74.2 Å². The number of carbonyl (C=O) groups is 1. The van der Waals surface area contributed by atoms with Gasteiger partial charge in [0.25, 0.3) is 5.91 Å². The summed E-state index contributed by atoms with van der Waals surface area (Å²) >= 11 is 0. The Morgan fingerprint density at radius 2 is 1.86 bits per heavy atom. The summed E-state index contributed by atoms with van der Waals surface area (Å²) in [5.74, 6) is 1.25. The highest BCUT2D eigenvalue weighted by molar-refractivity contribution is 5.97. The zero-order valence-corrected chi connectivity index (χ0v) is 16.9. The average Bonchev–Trinajstić information content (AvgIpc) is 3.29. The van der Waals surface area contributed by atoms with Gasteiger partial charge in [-0.15, -0.1) is 0 Å². The first kappa shape index (κ1) is 19.6. The van der Waals surface area contributed by atoms with Gasteiger partial charge in [-0.05, 0) is 69.3 Å². The fraction of sp³-hybridized carbons (Fsp3) is 0.500. The van der Waals surface area contributed by atoms with E-state index in [-0.39, 0.29) is 24.3 Å². The molecule has 0 radical (unpaired) electrons. The smallest absolute Gasteiger partial charge is 0.264 e. The van der Waals surface area contributed by atoms with Crippen molar-refractivity contribution in [3.63, 3.8) is 0 Å². The molecule has 0 unspecified atom stereocenters. The summed E-state index contributed by atoms with van der Waals surface area (Å²) in [5.41, 5.74) is 3.87. The lowest BCUT2D eigenvalue weighted by Gasteiger charge is -2.26. The molecular formula is C22H29N3O4. The average molecular weight is 399 g/mol. The Kier molecular flexibility index (Phi) is 5.67. The molecule has 4 rings (SSSR count). The normalized spacial score (nSPS) is 15.3. The third kappa shape index (κ3) is 3.92. The van der Waals surface area contributed by atoms with E-state index in [1.807, 2.05) is 18.2 Å². The summed E-state index contributed by atoms with van der Waals surface area (Å²) in [6.45, 7) is 2.49. The summed E-state index contributed by atoms with van der Waals surface area (Å²) < 4.78 is 7.19. The fourth-order valence-corrected chi connectivity index (χ4v) is 4.23. The Balaban J connectivity index is 1.17.